The molecule has 2 rings (SSSR count). The molecule has 1 saturated heterocycles. The summed E-state index contributed by atoms with van der Waals surface area (Å²) in [6.07, 6.45) is 3.20. The van der Waals surface area contributed by atoms with Crippen molar-refractivity contribution in [2.45, 2.75) is 6.92 Å². The lowest BCUT2D eigenvalue weighted by Gasteiger charge is -2.25. The molecule has 0 aromatic carbocycles. The van der Waals surface area contributed by atoms with E-state index in [1.165, 1.54) is 6.21 Å². The number of anilines is 2. The van der Waals surface area contributed by atoms with E-state index in [2.05, 4.69) is 20.2 Å². The maximum absolute atomic E-state index is 7.77. The summed E-state index contributed by atoms with van der Waals surface area (Å²) in [5, 5.41) is 15.3. The van der Waals surface area contributed by atoms with E-state index < -0.39 is 0 Å². The van der Waals surface area contributed by atoms with Gasteiger partial charge in [-0.1, -0.05) is 0 Å². The molecule has 1 unspecified atom stereocenters. The lowest BCUT2D eigenvalue weighted by atomic mass is 10.3. The van der Waals surface area contributed by atoms with E-state index >= 15 is 0 Å². The molecule has 1 atom stereocenters. The molecule has 1 aliphatic heterocycles. The van der Waals surface area contributed by atoms with Gasteiger partial charge in [0, 0.05) is 19.6 Å². The van der Waals surface area contributed by atoms with Crippen LogP contribution in [0.3, 0.4) is 0 Å². The standard InChI is InChI=1S/C16H26ClN9O/c1-2-26(16-23-14(20)12(13(17)19)15(21)24-16)11(9-18)10-22-3-4-25-5-7-27-8-6-25/h9-10,18-19,22H,2-8H2,1H3,(H4,20,21,23,24)/p+3/b11-10+,18-9?,19-13?. The Bertz CT molecular complexity index is 680. The van der Waals surface area contributed by atoms with Gasteiger partial charge in [0.2, 0.25) is 5.70 Å². The van der Waals surface area contributed by atoms with Gasteiger partial charge in [-0.15, -0.1) is 0 Å². The van der Waals surface area contributed by atoms with Gasteiger partial charge in [0.05, 0.1) is 32.5 Å². The van der Waals surface area contributed by atoms with Crippen molar-refractivity contribution in [2.24, 2.45) is 0 Å². The minimum absolute atomic E-state index is 0.0473. The highest BCUT2D eigenvalue weighted by Crippen LogP contribution is 2.17. The van der Waals surface area contributed by atoms with E-state index in [4.69, 9.17) is 38.6 Å². The summed E-state index contributed by atoms with van der Waals surface area (Å²) in [5.74, 6) is 0.624. The number of nitrogens with one attached hydrogen (secondary N) is 2. The summed E-state index contributed by atoms with van der Waals surface area (Å²) in [6.45, 7) is 7.93. The van der Waals surface area contributed by atoms with Crippen LogP contribution in [0.15, 0.2) is 11.9 Å². The molecule has 148 valence electrons. The molecule has 0 radical (unpaired) electrons. The molecule has 1 fully saturated rings. The van der Waals surface area contributed by atoms with Gasteiger partial charge in [-0.2, -0.15) is 9.97 Å². The van der Waals surface area contributed by atoms with E-state index in [1.54, 1.807) is 0 Å². The predicted molar refractivity (Wildman–Crippen MR) is 105 cm³/mol. The smallest absolute Gasteiger partial charge is 0.336 e. The second-order valence-corrected chi connectivity index (χ2v) is 6.52. The fourth-order valence-electron chi connectivity index (χ4n) is 2.90. The first-order valence-corrected chi connectivity index (χ1v) is 9.27. The van der Waals surface area contributed by atoms with Crippen LogP contribution in [0, 0.1) is 5.41 Å². The third-order valence-corrected chi connectivity index (χ3v) is 4.53. The number of halogens is 1. The van der Waals surface area contributed by atoms with Crippen molar-refractivity contribution < 1.29 is 20.4 Å². The number of allylic oxidation sites excluding steroid dienone is 1. The maximum Gasteiger partial charge on any atom is 0.336 e. The molecule has 1 aliphatic rings. The van der Waals surface area contributed by atoms with Crippen LogP contribution in [0.1, 0.15) is 12.5 Å². The summed E-state index contributed by atoms with van der Waals surface area (Å²) in [4.78, 5) is 11.7. The van der Waals surface area contributed by atoms with Crippen molar-refractivity contribution in [3.05, 3.63) is 17.5 Å². The number of ether oxygens (including phenoxy) is 1. The molecule has 2 heterocycles. The van der Waals surface area contributed by atoms with Gasteiger partial charge in [-0.25, -0.2) is 10.3 Å². The van der Waals surface area contributed by atoms with Crippen LogP contribution in [0.2, 0.25) is 0 Å². The lowest BCUT2D eigenvalue weighted by Crippen LogP contribution is -3.07. The Morgan fingerprint density at radius 2 is 2.00 bits per heavy atom. The van der Waals surface area contributed by atoms with Crippen molar-refractivity contribution in [1.82, 2.24) is 14.9 Å². The number of rotatable bonds is 9. The summed E-state index contributed by atoms with van der Waals surface area (Å²) in [7, 11) is 0. The highest BCUT2D eigenvalue weighted by atomic mass is 35.5. The first-order chi connectivity index (χ1) is 13.0. The van der Waals surface area contributed by atoms with Crippen molar-refractivity contribution in [1.29, 1.82) is 5.41 Å². The van der Waals surface area contributed by atoms with Gasteiger partial charge in [-0.3, -0.25) is 4.90 Å². The number of nitrogen functional groups attached to an aromatic ring is 2. The Morgan fingerprint density at radius 3 is 2.52 bits per heavy atom. The van der Waals surface area contributed by atoms with Crippen LogP contribution < -0.4 is 27.1 Å². The average molecular weight is 399 g/mol. The van der Waals surface area contributed by atoms with E-state index in [9.17, 15) is 0 Å². The van der Waals surface area contributed by atoms with Gasteiger partial charge in [-0.05, 0) is 18.5 Å². The van der Waals surface area contributed by atoms with Crippen molar-refractivity contribution in [3.8, 4) is 0 Å². The van der Waals surface area contributed by atoms with E-state index in [0.29, 0.717) is 18.2 Å². The normalized spacial score (nSPS) is 16.9. The van der Waals surface area contributed by atoms with Gasteiger partial charge in [0.1, 0.15) is 17.2 Å². The SMILES string of the molecule is CC[NH+](/C(C=N)=C/[NH2+]CCN1CCOCC1)c1nc(N)c(C(=[NH2+])Cl)c(N)n1. The Balaban J connectivity index is 2.08. The Hall–Kier alpha value is -2.11. The fraction of sp³-hybridized carbons (Fsp3) is 0.500. The second kappa shape index (κ2) is 10.3. The van der Waals surface area contributed by atoms with Crippen LogP contribution in [-0.2, 0) is 4.74 Å². The number of nitrogens with zero attached hydrogens (tertiary/aromatic N) is 3. The molecule has 10 nitrogen and oxygen atoms in total. The number of hydrogen-bond acceptors (Lipinski definition) is 7. The van der Waals surface area contributed by atoms with E-state index in [-0.39, 0.29) is 22.4 Å². The highest BCUT2D eigenvalue weighted by molar-refractivity contribution is 6.68. The average Bonchev–Trinajstić information content (AvgIpc) is 2.64. The molecule has 0 bridgehead atoms. The quantitative estimate of drug-likeness (QED) is 0.185. The monoisotopic (exact) mass is 398 g/mol. The second-order valence-electron chi connectivity index (χ2n) is 6.12. The first kappa shape index (κ1) is 21.2. The maximum atomic E-state index is 7.77. The summed E-state index contributed by atoms with van der Waals surface area (Å²) in [6, 6.07) is 0. The first-order valence-electron chi connectivity index (χ1n) is 8.89. The number of morpholine rings is 1. The van der Waals surface area contributed by atoms with Crippen LogP contribution >= 0.6 is 11.6 Å². The minimum Gasteiger partial charge on any atom is -0.383 e. The Kier molecular flexibility index (Phi) is 8.07. The topological polar surface area (TPSA) is 161 Å². The van der Waals surface area contributed by atoms with Crippen LogP contribution in [0.25, 0.3) is 0 Å². The molecule has 1 aromatic rings. The Morgan fingerprint density at radius 1 is 1.37 bits per heavy atom. The molecule has 0 amide bonds. The van der Waals surface area contributed by atoms with Crippen LogP contribution in [0.4, 0.5) is 17.6 Å². The molecule has 1 aromatic heterocycles. The van der Waals surface area contributed by atoms with E-state index in [0.717, 1.165) is 44.3 Å². The predicted octanol–water partition coefficient (Wildman–Crippen LogP) is -3.69. The van der Waals surface area contributed by atoms with Gasteiger partial charge < -0.3 is 26.9 Å². The molecule has 0 saturated carbocycles. The summed E-state index contributed by atoms with van der Waals surface area (Å²) < 4.78 is 5.35. The highest BCUT2D eigenvalue weighted by Gasteiger charge is 2.25. The molecule has 11 heteroatoms. The largest absolute Gasteiger partial charge is 0.383 e. The summed E-state index contributed by atoms with van der Waals surface area (Å²) >= 11 is 5.80. The van der Waals surface area contributed by atoms with Crippen molar-refractivity contribution >= 4 is 40.6 Å². The van der Waals surface area contributed by atoms with Crippen LogP contribution in [-0.4, -0.2) is 72.2 Å². The van der Waals surface area contributed by atoms with Gasteiger partial charge in [0.15, 0.2) is 6.20 Å². The number of aromatic nitrogens is 2. The van der Waals surface area contributed by atoms with E-state index in [1.807, 2.05) is 13.1 Å². The minimum atomic E-state index is -0.0473. The molecular weight excluding hydrogens is 370 g/mol. The zero-order valence-electron chi connectivity index (χ0n) is 15.5. The third-order valence-electron chi connectivity index (χ3n) is 4.34. The molecular formula is C16H29ClN9O+3. The lowest BCUT2D eigenvalue weighted by molar-refractivity contribution is -0.792. The van der Waals surface area contributed by atoms with Crippen molar-refractivity contribution in [3.63, 3.8) is 0 Å². The Labute approximate surface area is 163 Å². The molecule has 0 aliphatic carbocycles. The number of quaternary nitrogens is 2. The zero-order valence-corrected chi connectivity index (χ0v) is 16.3. The number of nitrogens with two attached hydrogens (primary N) is 4. The third kappa shape index (κ3) is 5.68. The molecule has 0 spiro atoms. The van der Waals surface area contributed by atoms with Crippen LogP contribution in [0.5, 0.6) is 0 Å². The van der Waals surface area contributed by atoms with Gasteiger partial charge in [0.25, 0.3) is 5.17 Å². The van der Waals surface area contributed by atoms with Gasteiger partial charge >= 0.3 is 5.95 Å². The zero-order chi connectivity index (χ0) is 19.8. The fourth-order valence-corrected chi connectivity index (χ4v) is 3.09. The van der Waals surface area contributed by atoms with Crippen molar-refractivity contribution in [2.75, 3.05) is 57.4 Å². The molecule has 27 heavy (non-hydrogen) atoms. The summed E-state index contributed by atoms with van der Waals surface area (Å²) in [5.41, 5.74) is 12.8. The molecule has 10 N–H and O–H groups in total. The number of hydrogen-bond donors (Lipinski definition) is 6.